The molecule has 0 aliphatic heterocycles. The summed E-state index contributed by atoms with van der Waals surface area (Å²) in [5.41, 5.74) is 6.80. The second-order valence-electron chi connectivity index (χ2n) is 7.64. The van der Waals surface area contributed by atoms with Gasteiger partial charge in [-0.1, -0.05) is 20.8 Å². The smallest absolute Gasteiger partial charge is 0.192 e. The third-order valence-electron chi connectivity index (χ3n) is 5.01. The van der Waals surface area contributed by atoms with Crippen LogP contribution in [0.2, 0.25) is 18.1 Å². The number of hydrogen-bond donors (Lipinski definition) is 1. The minimum Gasteiger partial charge on any atom is -0.412 e. The largest absolute Gasteiger partial charge is 0.412 e. The second-order valence-corrected chi connectivity index (χ2v) is 12.4. The molecule has 2 atom stereocenters. The SMILES string of the molecule is Cc1c(N)ncnc1N(C)C(C)[C@H](C)O[Si](C)(C)C(C)(C)C. The van der Waals surface area contributed by atoms with Crippen LogP contribution in [-0.4, -0.2) is 37.5 Å². The molecule has 0 radical (unpaired) electrons. The first-order valence-corrected chi connectivity index (χ1v) is 10.8. The predicted octanol–water partition coefficient (Wildman–Crippen LogP) is 3.60. The fraction of sp³-hybridized carbons (Fsp3) is 0.750. The molecule has 5 nitrogen and oxygen atoms in total. The second kappa shape index (κ2) is 6.54. The van der Waals surface area contributed by atoms with E-state index in [0.717, 1.165) is 11.4 Å². The van der Waals surface area contributed by atoms with Gasteiger partial charge in [0, 0.05) is 12.6 Å². The van der Waals surface area contributed by atoms with Crippen LogP contribution in [0.5, 0.6) is 0 Å². The molecule has 0 fully saturated rings. The van der Waals surface area contributed by atoms with E-state index < -0.39 is 8.32 Å². The molecule has 1 aromatic heterocycles. The molecule has 0 aliphatic rings. The molecule has 6 heteroatoms. The van der Waals surface area contributed by atoms with E-state index in [9.17, 15) is 0 Å². The fourth-order valence-electron chi connectivity index (χ4n) is 2.06. The summed E-state index contributed by atoms with van der Waals surface area (Å²) in [5, 5.41) is 0.203. The standard InChI is InChI=1S/C16H32N4OSi/c1-11-14(17)18-10-19-15(11)20(7)12(2)13(3)21-22(8,9)16(4,5)6/h10,12-13H,1-9H3,(H2,17,18,19)/t12?,13-/m0/s1. The van der Waals surface area contributed by atoms with Gasteiger partial charge in [-0.15, -0.1) is 0 Å². The van der Waals surface area contributed by atoms with Crippen LogP contribution in [0.15, 0.2) is 6.33 Å². The van der Waals surface area contributed by atoms with Crippen LogP contribution in [-0.2, 0) is 4.43 Å². The Morgan fingerprint density at radius 2 is 1.77 bits per heavy atom. The Hall–Kier alpha value is -1.14. The van der Waals surface area contributed by atoms with Gasteiger partial charge in [-0.25, -0.2) is 9.97 Å². The van der Waals surface area contributed by atoms with Crippen LogP contribution in [0, 0.1) is 6.92 Å². The molecule has 0 saturated carbocycles. The normalized spacial score (nSPS) is 15.5. The molecule has 0 aliphatic carbocycles. The summed E-state index contributed by atoms with van der Waals surface area (Å²) in [6.07, 6.45) is 1.63. The first-order valence-electron chi connectivity index (χ1n) is 7.86. The van der Waals surface area contributed by atoms with E-state index in [1.165, 1.54) is 6.33 Å². The van der Waals surface area contributed by atoms with Crippen molar-refractivity contribution in [3.8, 4) is 0 Å². The number of nitrogens with zero attached hydrogens (tertiary/aromatic N) is 3. The van der Waals surface area contributed by atoms with Gasteiger partial charge in [0.15, 0.2) is 8.32 Å². The van der Waals surface area contributed by atoms with Crippen LogP contribution < -0.4 is 10.6 Å². The van der Waals surface area contributed by atoms with Gasteiger partial charge in [0.1, 0.15) is 18.0 Å². The number of nitrogens with two attached hydrogens (primary N) is 1. The van der Waals surface area contributed by atoms with Gasteiger partial charge in [-0.3, -0.25) is 0 Å². The lowest BCUT2D eigenvalue weighted by Gasteiger charge is -2.41. The van der Waals surface area contributed by atoms with E-state index in [1.54, 1.807) is 0 Å². The zero-order valence-electron chi connectivity index (χ0n) is 15.6. The molecule has 126 valence electrons. The van der Waals surface area contributed by atoms with E-state index in [0.29, 0.717) is 5.82 Å². The third kappa shape index (κ3) is 3.98. The Morgan fingerprint density at radius 1 is 1.23 bits per heavy atom. The molecule has 0 bridgehead atoms. The van der Waals surface area contributed by atoms with E-state index in [2.05, 4.69) is 62.6 Å². The summed E-state index contributed by atoms with van der Waals surface area (Å²) < 4.78 is 6.50. The highest BCUT2D eigenvalue weighted by Gasteiger charge is 2.39. The average molecular weight is 325 g/mol. The first-order chi connectivity index (χ1) is 9.88. The lowest BCUT2D eigenvalue weighted by atomic mass is 10.1. The number of rotatable bonds is 5. The summed E-state index contributed by atoms with van der Waals surface area (Å²) in [7, 11) is 0.246. The summed E-state index contributed by atoms with van der Waals surface area (Å²) in [5.74, 6) is 1.40. The number of nitrogen functional groups attached to an aromatic ring is 1. The van der Waals surface area contributed by atoms with E-state index >= 15 is 0 Å². The molecule has 1 rings (SSSR count). The van der Waals surface area contributed by atoms with Gasteiger partial charge in [0.25, 0.3) is 0 Å². The van der Waals surface area contributed by atoms with Crippen molar-refractivity contribution in [2.24, 2.45) is 0 Å². The lowest BCUT2D eigenvalue weighted by Crippen LogP contribution is -2.49. The summed E-state index contributed by atoms with van der Waals surface area (Å²) >= 11 is 0. The topological polar surface area (TPSA) is 64.3 Å². The molecule has 0 amide bonds. The van der Waals surface area contributed by atoms with Crippen molar-refractivity contribution in [3.63, 3.8) is 0 Å². The fourth-order valence-corrected chi connectivity index (χ4v) is 3.54. The maximum Gasteiger partial charge on any atom is 0.192 e. The van der Waals surface area contributed by atoms with Gasteiger partial charge >= 0.3 is 0 Å². The molecule has 2 N–H and O–H groups in total. The average Bonchev–Trinajstić information content (AvgIpc) is 2.38. The van der Waals surface area contributed by atoms with Crippen molar-refractivity contribution in [2.45, 2.75) is 71.8 Å². The molecular formula is C16H32N4OSi. The zero-order valence-corrected chi connectivity index (χ0v) is 16.6. The van der Waals surface area contributed by atoms with Gasteiger partial charge in [0.05, 0.1) is 12.1 Å². The minimum absolute atomic E-state index is 0.112. The molecule has 1 heterocycles. The van der Waals surface area contributed by atoms with Gasteiger partial charge in [-0.2, -0.15) is 0 Å². The van der Waals surface area contributed by atoms with Crippen molar-refractivity contribution in [3.05, 3.63) is 11.9 Å². The predicted molar refractivity (Wildman–Crippen MR) is 96.8 cm³/mol. The maximum absolute atomic E-state index is 6.50. The summed E-state index contributed by atoms with van der Waals surface area (Å²) in [6, 6.07) is 0.196. The Morgan fingerprint density at radius 3 is 2.27 bits per heavy atom. The van der Waals surface area contributed by atoms with Crippen molar-refractivity contribution >= 4 is 20.0 Å². The van der Waals surface area contributed by atoms with Crippen molar-refractivity contribution in [1.29, 1.82) is 0 Å². The molecular weight excluding hydrogens is 292 g/mol. The first kappa shape index (κ1) is 18.9. The van der Waals surface area contributed by atoms with Crippen molar-refractivity contribution in [1.82, 2.24) is 9.97 Å². The van der Waals surface area contributed by atoms with Crippen LogP contribution in [0.1, 0.15) is 40.2 Å². The Kier molecular flexibility index (Phi) is 5.62. The molecule has 22 heavy (non-hydrogen) atoms. The number of aromatic nitrogens is 2. The molecule has 1 aromatic rings. The Bertz CT molecular complexity index is 513. The van der Waals surface area contributed by atoms with E-state index in [-0.39, 0.29) is 17.2 Å². The van der Waals surface area contributed by atoms with Gasteiger partial charge in [-0.05, 0) is 38.9 Å². The van der Waals surface area contributed by atoms with Gasteiger partial charge in [0.2, 0.25) is 0 Å². The Labute approximate surface area is 136 Å². The molecule has 0 aromatic carbocycles. The molecule has 1 unspecified atom stereocenters. The maximum atomic E-state index is 6.50. The van der Waals surface area contributed by atoms with Crippen molar-refractivity contribution in [2.75, 3.05) is 17.7 Å². The van der Waals surface area contributed by atoms with E-state index in [4.69, 9.17) is 10.2 Å². The monoisotopic (exact) mass is 324 g/mol. The number of anilines is 2. The van der Waals surface area contributed by atoms with Crippen molar-refractivity contribution < 1.29 is 4.43 Å². The van der Waals surface area contributed by atoms with Crippen LogP contribution in [0.3, 0.4) is 0 Å². The summed E-state index contributed by atoms with van der Waals surface area (Å²) in [4.78, 5) is 10.5. The number of hydrogen-bond acceptors (Lipinski definition) is 5. The minimum atomic E-state index is -1.79. The Balaban J connectivity index is 2.91. The zero-order chi connectivity index (χ0) is 17.3. The highest BCUT2D eigenvalue weighted by atomic mass is 28.4. The molecule has 0 spiro atoms. The van der Waals surface area contributed by atoms with Crippen LogP contribution in [0.25, 0.3) is 0 Å². The highest BCUT2D eigenvalue weighted by Crippen LogP contribution is 2.38. The highest BCUT2D eigenvalue weighted by molar-refractivity contribution is 6.74. The third-order valence-corrected chi connectivity index (χ3v) is 9.58. The van der Waals surface area contributed by atoms with Crippen LogP contribution in [0.4, 0.5) is 11.6 Å². The van der Waals surface area contributed by atoms with Gasteiger partial charge < -0.3 is 15.1 Å². The van der Waals surface area contributed by atoms with E-state index in [1.807, 2.05) is 14.0 Å². The van der Waals surface area contributed by atoms with Crippen LogP contribution >= 0.6 is 0 Å². The quantitative estimate of drug-likeness (QED) is 0.838. The number of likely N-dealkylation sites (N-methyl/N-ethyl adjacent to an activating group) is 1. The molecule has 0 saturated heterocycles. The summed E-state index contributed by atoms with van der Waals surface area (Å²) in [6.45, 7) is 17.6. The lowest BCUT2D eigenvalue weighted by molar-refractivity contribution is 0.173.